The lowest BCUT2D eigenvalue weighted by Gasteiger charge is -2.34. The predicted octanol–water partition coefficient (Wildman–Crippen LogP) is 8.54. The van der Waals surface area contributed by atoms with Crippen LogP contribution in [0.2, 0.25) is 10.0 Å². The molecule has 0 aliphatic rings. The van der Waals surface area contributed by atoms with Crippen molar-refractivity contribution in [3.63, 3.8) is 0 Å². The molecule has 5 rings (SSSR count). The molecule has 8 nitrogen and oxygen atoms in total. The highest BCUT2D eigenvalue weighted by atomic mass is 35.5. The van der Waals surface area contributed by atoms with Crippen molar-refractivity contribution in [2.45, 2.75) is 50.2 Å². The van der Waals surface area contributed by atoms with Crippen LogP contribution >= 0.6 is 23.2 Å². The first-order valence-corrected chi connectivity index (χ1v) is 18.7. The van der Waals surface area contributed by atoms with Crippen molar-refractivity contribution in [2.75, 3.05) is 10.8 Å². The van der Waals surface area contributed by atoms with Crippen LogP contribution in [-0.4, -0.2) is 43.8 Å². The van der Waals surface area contributed by atoms with Crippen LogP contribution in [0.1, 0.15) is 31.4 Å². The van der Waals surface area contributed by atoms with E-state index < -0.39 is 28.5 Å². The van der Waals surface area contributed by atoms with E-state index in [-0.39, 0.29) is 35.5 Å². The van der Waals surface area contributed by atoms with Gasteiger partial charge >= 0.3 is 0 Å². The van der Waals surface area contributed by atoms with E-state index in [1.807, 2.05) is 74.5 Å². The van der Waals surface area contributed by atoms with E-state index in [0.717, 1.165) is 9.87 Å². The van der Waals surface area contributed by atoms with E-state index in [9.17, 15) is 18.0 Å². The number of carbonyl (C=O) groups is 2. The SMILES string of the molecule is CCC(C)NC(=O)C(Cc1ccccc1)N(Cc1ccc(Cl)cc1Cl)C(=O)CN(c1ccc(Oc2ccccc2)cc1)S(=O)(=O)c1ccccc1. The molecule has 0 aliphatic carbocycles. The van der Waals surface area contributed by atoms with Crippen molar-refractivity contribution in [3.05, 3.63) is 155 Å². The van der Waals surface area contributed by atoms with Gasteiger partial charge in [-0.3, -0.25) is 13.9 Å². The number of benzene rings is 5. The van der Waals surface area contributed by atoms with Gasteiger partial charge in [-0.15, -0.1) is 0 Å². The number of hydrogen-bond donors (Lipinski definition) is 1. The van der Waals surface area contributed by atoms with Gasteiger partial charge in [-0.05, 0) is 85.1 Å². The third-order valence-electron chi connectivity index (χ3n) is 8.34. The minimum absolute atomic E-state index is 0.00468. The van der Waals surface area contributed by atoms with Crippen LogP contribution in [0, 0.1) is 0 Å². The Bertz CT molecular complexity index is 2020. The van der Waals surface area contributed by atoms with Gasteiger partial charge in [-0.25, -0.2) is 8.42 Å². The molecular formula is C40H39Cl2N3O5S. The van der Waals surface area contributed by atoms with Gasteiger partial charge in [0.05, 0.1) is 10.6 Å². The number of ether oxygens (including phenoxy) is 1. The Morgan fingerprint density at radius 1 is 0.784 bits per heavy atom. The van der Waals surface area contributed by atoms with Crippen molar-refractivity contribution >= 4 is 50.7 Å². The summed E-state index contributed by atoms with van der Waals surface area (Å²) in [5.74, 6) is 0.125. The highest BCUT2D eigenvalue weighted by Gasteiger charge is 2.35. The smallest absolute Gasteiger partial charge is 0.264 e. The molecule has 0 spiro atoms. The number of anilines is 1. The largest absolute Gasteiger partial charge is 0.457 e. The fraction of sp³-hybridized carbons (Fsp3) is 0.200. The van der Waals surface area contributed by atoms with Crippen LogP contribution in [0.3, 0.4) is 0 Å². The molecule has 11 heteroatoms. The lowest BCUT2D eigenvalue weighted by molar-refractivity contribution is -0.140. The van der Waals surface area contributed by atoms with E-state index >= 15 is 0 Å². The summed E-state index contributed by atoms with van der Waals surface area (Å²) < 4.78 is 35.6. The second-order valence-corrected chi connectivity index (χ2v) is 14.7. The third-order valence-corrected chi connectivity index (χ3v) is 10.7. The minimum Gasteiger partial charge on any atom is -0.457 e. The molecule has 51 heavy (non-hydrogen) atoms. The van der Waals surface area contributed by atoms with Crippen molar-refractivity contribution in [1.29, 1.82) is 0 Å². The average molecular weight is 745 g/mol. The molecule has 2 amide bonds. The van der Waals surface area contributed by atoms with Crippen LogP contribution in [0.25, 0.3) is 0 Å². The zero-order valence-electron chi connectivity index (χ0n) is 28.3. The van der Waals surface area contributed by atoms with Gasteiger partial charge in [0.15, 0.2) is 0 Å². The highest BCUT2D eigenvalue weighted by molar-refractivity contribution is 7.92. The lowest BCUT2D eigenvalue weighted by Crippen LogP contribution is -2.54. The zero-order valence-corrected chi connectivity index (χ0v) is 30.6. The van der Waals surface area contributed by atoms with Crippen molar-refractivity contribution in [1.82, 2.24) is 10.2 Å². The molecule has 2 unspecified atom stereocenters. The quantitative estimate of drug-likeness (QED) is 0.116. The van der Waals surface area contributed by atoms with Crippen molar-refractivity contribution < 1.29 is 22.7 Å². The van der Waals surface area contributed by atoms with Crippen molar-refractivity contribution in [2.24, 2.45) is 0 Å². The molecule has 0 radical (unpaired) electrons. The Hall–Kier alpha value is -4.83. The molecule has 0 saturated carbocycles. The molecule has 2 atom stereocenters. The van der Waals surface area contributed by atoms with Crippen LogP contribution in [0.4, 0.5) is 5.69 Å². The summed E-state index contributed by atoms with van der Waals surface area (Å²) in [6.45, 7) is 3.15. The molecule has 264 valence electrons. The van der Waals surface area contributed by atoms with Crippen molar-refractivity contribution in [3.8, 4) is 11.5 Å². The van der Waals surface area contributed by atoms with Gasteiger partial charge in [-0.1, -0.05) is 103 Å². The minimum atomic E-state index is -4.27. The standard InChI is InChI=1S/C40H39Cl2N3O5S/c1-3-29(2)43-40(47)38(25-30-13-7-4-8-14-30)44(27-31-19-20-32(41)26-37(31)42)39(46)28-45(51(48,49)36-17-11-6-12-18-36)33-21-23-35(24-22-33)50-34-15-9-5-10-16-34/h4-24,26,29,38H,3,25,27-28H2,1-2H3,(H,43,47). The summed E-state index contributed by atoms with van der Waals surface area (Å²) >= 11 is 12.8. The van der Waals surface area contributed by atoms with Gasteiger partial charge in [-0.2, -0.15) is 0 Å². The molecule has 0 fully saturated rings. The molecule has 1 N–H and O–H groups in total. The number of hydrogen-bond acceptors (Lipinski definition) is 5. The summed E-state index contributed by atoms with van der Waals surface area (Å²) in [5.41, 5.74) is 1.61. The first kappa shape index (κ1) is 37.4. The van der Waals surface area contributed by atoms with Crippen LogP contribution in [0.15, 0.2) is 138 Å². The summed E-state index contributed by atoms with van der Waals surface area (Å²) in [6.07, 6.45) is 0.852. The number of sulfonamides is 1. The summed E-state index contributed by atoms with van der Waals surface area (Å²) in [5, 5.41) is 3.75. The van der Waals surface area contributed by atoms with E-state index in [2.05, 4.69) is 5.32 Å². The van der Waals surface area contributed by atoms with Gasteiger partial charge < -0.3 is 15.0 Å². The van der Waals surface area contributed by atoms with Crippen LogP contribution in [0.5, 0.6) is 11.5 Å². The second-order valence-electron chi connectivity index (χ2n) is 12.0. The predicted molar refractivity (Wildman–Crippen MR) is 203 cm³/mol. The fourth-order valence-corrected chi connectivity index (χ4v) is 7.29. The Morgan fingerprint density at radius 2 is 1.37 bits per heavy atom. The number of rotatable bonds is 15. The van der Waals surface area contributed by atoms with Gasteiger partial charge in [0.1, 0.15) is 24.1 Å². The number of nitrogens with one attached hydrogen (secondary N) is 1. The summed E-state index contributed by atoms with van der Waals surface area (Å²) in [7, 11) is -4.27. The Kier molecular flexibility index (Phi) is 12.8. The number of amides is 2. The second kappa shape index (κ2) is 17.4. The maximum atomic E-state index is 14.7. The average Bonchev–Trinajstić information content (AvgIpc) is 3.14. The molecule has 5 aromatic rings. The topological polar surface area (TPSA) is 96.0 Å². The first-order valence-electron chi connectivity index (χ1n) is 16.5. The first-order chi connectivity index (χ1) is 24.5. The van der Waals surface area contributed by atoms with Crippen LogP contribution in [-0.2, 0) is 32.6 Å². The molecule has 0 aromatic heterocycles. The number of para-hydroxylation sites is 1. The molecule has 0 saturated heterocycles. The highest BCUT2D eigenvalue weighted by Crippen LogP contribution is 2.30. The number of carbonyl (C=O) groups excluding carboxylic acids is 2. The van der Waals surface area contributed by atoms with Gasteiger partial charge in [0, 0.05) is 29.1 Å². The molecule has 0 aliphatic heterocycles. The number of halogens is 2. The molecular weight excluding hydrogens is 705 g/mol. The Labute approximate surface area is 309 Å². The monoisotopic (exact) mass is 743 g/mol. The van der Waals surface area contributed by atoms with E-state index in [4.69, 9.17) is 27.9 Å². The van der Waals surface area contributed by atoms with Gasteiger partial charge in [0.25, 0.3) is 10.0 Å². The summed E-state index contributed by atoms with van der Waals surface area (Å²) in [4.78, 5) is 30.2. The molecule has 0 heterocycles. The molecule has 5 aromatic carbocycles. The molecule has 0 bridgehead atoms. The van der Waals surface area contributed by atoms with E-state index in [1.165, 1.54) is 17.0 Å². The fourth-order valence-electron chi connectivity index (χ4n) is 5.38. The van der Waals surface area contributed by atoms with Crippen LogP contribution < -0.4 is 14.4 Å². The Balaban J connectivity index is 1.57. The number of nitrogens with zero attached hydrogens (tertiary/aromatic N) is 2. The maximum Gasteiger partial charge on any atom is 0.264 e. The maximum absolute atomic E-state index is 14.7. The third kappa shape index (κ3) is 9.91. The Morgan fingerprint density at radius 3 is 1.98 bits per heavy atom. The zero-order chi connectivity index (χ0) is 36.4. The van der Waals surface area contributed by atoms with Gasteiger partial charge in [0.2, 0.25) is 11.8 Å². The normalized spacial score (nSPS) is 12.4. The van der Waals surface area contributed by atoms with E-state index in [1.54, 1.807) is 60.7 Å². The van der Waals surface area contributed by atoms with E-state index in [0.29, 0.717) is 33.5 Å². The lowest BCUT2D eigenvalue weighted by atomic mass is 10.0. The summed E-state index contributed by atoms with van der Waals surface area (Å²) in [6, 6.07) is 36.6.